The predicted octanol–water partition coefficient (Wildman–Crippen LogP) is 2.85. The van der Waals surface area contributed by atoms with Crippen molar-refractivity contribution in [2.45, 2.75) is 0 Å². The molecule has 0 saturated heterocycles. The molecule has 3 heteroatoms. The summed E-state index contributed by atoms with van der Waals surface area (Å²) < 4.78 is 6.32. The largest absolute Gasteiger partial charge is 0.496 e. The highest BCUT2D eigenvalue weighted by Gasteiger charge is 2.01. The lowest BCUT2D eigenvalue weighted by atomic mass is 10.2. The number of benzene rings is 1. The molecule has 0 aliphatic carbocycles. The van der Waals surface area contributed by atoms with Gasteiger partial charge in [-0.3, -0.25) is 4.98 Å². The van der Waals surface area contributed by atoms with Crippen molar-refractivity contribution in [2.75, 3.05) is 7.11 Å². The Morgan fingerprint density at radius 1 is 1.38 bits per heavy atom. The van der Waals surface area contributed by atoms with E-state index in [1.807, 2.05) is 18.2 Å². The first kappa shape index (κ1) is 8.74. The molecule has 0 spiro atoms. The van der Waals surface area contributed by atoms with E-state index in [0.29, 0.717) is 0 Å². The lowest BCUT2D eigenvalue weighted by Crippen LogP contribution is -1.87. The molecule has 0 aliphatic rings. The van der Waals surface area contributed by atoms with Crippen molar-refractivity contribution in [1.29, 1.82) is 0 Å². The van der Waals surface area contributed by atoms with E-state index in [2.05, 4.69) is 33.6 Å². The normalized spacial score (nSPS) is 10.3. The number of methoxy groups -OCH3 is 1. The number of halogens is 1. The van der Waals surface area contributed by atoms with Crippen LogP contribution in [0.3, 0.4) is 0 Å². The van der Waals surface area contributed by atoms with Crippen molar-refractivity contribution < 1.29 is 4.74 Å². The average molecular weight is 285 g/mol. The Morgan fingerprint density at radius 3 is 3.00 bits per heavy atom. The van der Waals surface area contributed by atoms with E-state index in [4.69, 9.17) is 4.74 Å². The molecule has 0 unspecified atom stereocenters. The molecule has 0 N–H and O–H groups in total. The fraction of sp³-hybridized carbons (Fsp3) is 0.100. The zero-order valence-electron chi connectivity index (χ0n) is 7.12. The molecule has 0 bridgehead atoms. The second kappa shape index (κ2) is 3.49. The van der Waals surface area contributed by atoms with Crippen LogP contribution in [0.1, 0.15) is 0 Å². The van der Waals surface area contributed by atoms with Crippen molar-refractivity contribution in [3.8, 4) is 5.75 Å². The summed E-state index contributed by atoms with van der Waals surface area (Å²) in [6.45, 7) is 0. The van der Waals surface area contributed by atoms with Crippen molar-refractivity contribution in [1.82, 2.24) is 4.98 Å². The van der Waals surface area contributed by atoms with Crippen LogP contribution in [0.2, 0.25) is 0 Å². The number of pyridine rings is 1. The fourth-order valence-corrected chi connectivity index (χ4v) is 1.94. The van der Waals surface area contributed by atoms with Gasteiger partial charge in [0.2, 0.25) is 0 Å². The minimum Gasteiger partial charge on any atom is -0.496 e. The minimum absolute atomic E-state index is 0.881. The summed E-state index contributed by atoms with van der Waals surface area (Å²) >= 11 is 2.26. The molecular weight excluding hydrogens is 277 g/mol. The van der Waals surface area contributed by atoms with Crippen molar-refractivity contribution in [3.63, 3.8) is 0 Å². The number of ether oxygens (including phenoxy) is 1. The van der Waals surface area contributed by atoms with Gasteiger partial charge in [0.05, 0.1) is 16.2 Å². The van der Waals surface area contributed by atoms with Crippen LogP contribution in [0, 0.1) is 3.57 Å². The van der Waals surface area contributed by atoms with Crippen LogP contribution in [0.25, 0.3) is 10.9 Å². The highest BCUT2D eigenvalue weighted by Crippen LogP contribution is 2.25. The van der Waals surface area contributed by atoms with Crippen molar-refractivity contribution in [2.24, 2.45) is 0 Å². The molecule has 0 atom stereocenters. The van der Waals surface area contributed by atoms with Crippen LogP contribution in [-0.2, 0) is 0 Å². The molecule has 0 radical (unpaired) electrons. The van der Waals surface area contributed by atoms with Crippen molar-refractivity contribution in [3.05, 3.63) is 34.0 Å². The quantitative estimate of drug-likeness (QED) is 0.752. The van der Waals surface area contributed by atoms with Gasteiger partial charge in [0.1, 0.15) is 5.75 Å². The standard InChI is InChI=1S/C10H8INO/c1-13-10-6-9-7(5-8(10)11)3-2-4-12-9/h2-6H,1H3. The van der Waals surface area contributed by atoms with Gasteiger partial charge in [-0.1, -0.05) is 6.07 Å². The maximum Gasteiger partial charge on any atom is 0.134 e. The molecule has 2 rings (SSSR count). The molecule has 0 aliphatic heterocycles. The van der Waals surface area contributed by atoms with E-state index in [-0.39, 0.29) is 0 Å². The molecule has 2 aromatic rings. The first-order valence-corrected chi connectivity index (χ1v) is 4.97. The third-order valence-corrected chi connectivity index (χ3v) is 2.72. The predicted molar refractivity (Wildman–Crippen MR) is 61.0 cm³/mol. The highest BCUT2D eigenvalue weighted by atomic mass is 127. The third kappa shape index (κ3) is 1.60. The van der Waals surface area contributed by atoms with E-state index in [1.165, 1.54) is 0 Å². The van der Waals surface area contributed by atoms with Crippen LogP contribution in [0.4, 0.5) is 0 Å². The Labute approximate surface area is 90.1 Å². The average Bonchev–Trinajstić information content (AvgIpc) is 2.17. The number of aromatic nitrogens is 1. The zero-order valence-corrected chi connectivity index (χ0v) is 9.28. The Morgan fingerprint density at radius 2 is 2.23 bits per heavy atom. The molecule has 1 aromatic heterocycles. The summed E-state index contributed by atoms with van der Waals surface area (Å²) in [6.07, 6.45) is 1.79. The summed E-state index contributed by atoms with van der Waals surface area (Å²) in [5.74, 6) is 0.881. The van der Waals surface area contributed by atoms with E-state index < -0.39 is 0 Å². The minimum atomic E-state index is 0.881. The first-order valence-electron chi connectivity index (χ1n) is 3.89. The highest BCUT2D eigenvalue weighted by molar-refractivity contribution is 14.1. The van der Waals surface area contributed by atoms with Crippen molar-refractivity contribution >= 4 is 33.5 Å². The summed E-state index contributed by atoms with van der Waals surface area (Å²) in [5, 5.41) is 1.15. The Kier molecular flexibility index (Phi) is 2.35. The summed E-state index contributed by atoms with van der Waals surface area (Å²) in [6, 6.07) is 8.01. The van der Waals surface area contributed by atoms with Crippen LogP contribution in [-0.4, -0.2) is 12.1 Å². The van der Waals surface area contributed by atoms with Gasteiger partial charge in [-0.15, -0.1) is 0 Å². The van der Waals surface area contributed by atoms with E-state index in [0.717, 1.165) is 20.2 Å². The lowest BCUT2D eigenvalue weighted by Gasteiger charge is -2.04. The van der Waals surface area contributed by atoms with E-state index >= 15 is 0 Å². The molecule has 1 aromatic carbocycles. The Balaban J connectivity index is 2.74. The van der Waals surface area contributed by atoms with Gasteiger partial charge < -0.3 is 4.74 Å². The number of rotatable bonds is 1. The van der Waals surface area contributed by atoms with E-state index in [9.17, 15) is 0 Å². The first-order chi connectivity index (χ1) is 6.31. The molecule has 0 amide bonds. The lowest BCUT2D eigenvalue weighted by molar-refractivity contribution is 0.412. The molecule has 1 heterocycles. The van der Waals surface area contributed by atoms with Crippen LogP contribution in [0.5, 0.6) is 5.75 Å². The topological polar surface area (TPSA) is 22.1 Å². The van der Waals surface area contributed by atoms with Crippen LogP contribution < -0.4 is 4.74 Å². The summed E-state index contributed by atoms with van der Waals surface area (Å²) in [7, 11) is 1.67. The molecule has 13 heavy (non-hydrogen) atoms. The monoisotopic (exact) mass is 285 g/mol. The Hall–Kier alpha value is -0.840. The number of hydrogen-bond donors (Lipinski definition) is 0. The maximum atomic E-state index is 5.21. The second-order valence-electron chi connectivity index (χ2n) is 2.68. The number of nitrogens with zero attached hydrogens (tertiary/aromatic N) is 1. The summed E-state index contributed by atoms with van der Waals surface area (Å²) in [4.78, 5) is 4.25. The Bertz CT molecular complexity index is 442. The number of hydrogen-bond acceptors (Lipinski definition) is 2. The molecule has 2 nitrogen and oxygen atoms in total. The zero-order chi connectivity index (χ0) is 9.26. The van der Waals surface area contributed by atoms with Gasteiger partial charge in [0.25, 0.3) is 0 Å². The van der Waals surface area contributed by atoms with Crippen LogP contribution in [0.15, 0.2) is 30.5 Å². The number of fused-ring (bicyclic) bond motifs is 1. The van der Waals surface area contributed by atoms with Gasteiger partial charge in [-0.2, -0.15) is 0 Å². The molecule has 0 saturated carbocycles. The molecule has 0 fully saturated rings. The van der Waals surface area contributed by atoms with Gasteiger partial charge >= 0.3 is 0 Å². The van der Waals surface area contributed by atoms with Gasteiger partial charge in [0.15, 0.2) is 0 Å². The van der Waals surface area contributed by atoms with Crippen LogP contribution >= 0.6 is 22.6 Å². The van der Waals surface area contributed by atoms with Gasteiger partial charge in [-0.05, 0) is 34.7 Å². The van der Waals surface area contributed by atoms with Gasteiger partial charge in [0, 0.05) is 17.6 Å². The fourth-order valence-electron chi connectivity index (χ4n) is 1.23. The SMILES string of the molecule is COc1cc2ncccc2cc1I. The smallest absolute Gasteiger partial charge is 0.134 e. The second-order valence-corrected chi connectivity index (χ2v) is 3.85. The molecule has 66 valence electrons. The third-order valence-electron chi connectivity index (χ3n) is 1.88. The summed E-state index contributed by atoms with van der Waals surface area (Å²) in [5.41, 5.74) is 0.972. The van der Waals surface area contributed by atoms with E-state index in [1.54, 1.807) is 13.3 Å². The molecular formula is C10H8INO. The maximum absolute atomic E-state index is 5.21. The van der Waals surface area contributed by atoms with Gasteiger partial charge in [-0.25, -0.2) is 0 Å².